The second kappa shape index (κ2) is 10.5. The predicted molar refractivity (Wildman–Crippen MR) is 124 cm³/mol. The van der Waals surface area contributed by atoms with E-state index in [0.717, 1.165) is 42.6 Å². The third kappa shape index (κ3) is 6.12. The fraction of sp³-hybridized carbons (Fsp3) is 0.520. The SMILES string of the molecule is CC(C)CN(Cc1cc(NC(=O)C2CCCCC2)ccc1N(C)C)C(=O)c1ccco1. The predicted octanol–water partition coefficient (Wildman–Crippen LogP) is 5.16. The molecule has 0 aliphatic heterocycles. The van der Waals surface area contributed by atoms with Crippen molar-refractivity contribution in [1.29, 1.82) is 0 Å². The lowest BCUT2D eigenvalue weighted by molar-refractivity contribution is -0.120. The summed E-state index contributed by atoms with van der Waals surface area (Å²) < 4.78 is 5.36. The van der Waals surface area contributed by atoms with Crippen LogP contribution in [0.2, 0.25) is 0 Å². The van der Waals surface area contributed by atoms with E-state index < -0.39 is 0 Å². The Bertz CT molecular complexity index is 868. The maximum Gasteiger partial charge on any atom is 0.289 e. The normalized spacial score (nSPS) is 14.5. The number of furan rings is 1. The Morgan fingerprint density at radius 1 is 1.13 bits per heavy atom. The van der Waals surface area contributed by atoms with Crippen molar-refractivity contribution in [3.63, 3.8) is 0 Å². The monoisotopic (exact) mass is 425 g/mol. The zero-order chi connectivity index (χ0) is 22.4. The van der Waals surface area contributed by atoms with E-state index in [2.05, 4.69) is 19.2 Å². The maximum atomic E-state index is 13.0. The first-order chi connectivity index (χ1) is 14.8. The zero-order valence-electron chi connectivity index (χ0n) is 19.2. The molecule has 6 heteroatoms. The lowest BCUT2D eigenvalue weighted by atomic mass is 9.88. The number of nitrogens with zero attached hydrogens (tertiary/aromatic N) is 2. The number of anilines is 2. The Kier molecular flexibility index (Phi) is 7.77. The van der Waals surface area contributed by atoms with Crippen molar-refractivity contribution in [3.05, 3.63) is 47.9 Å². The first-order valence-corrected chi connectivity index (χ1v) is 11.3. The molecule has 1 fully saturated rings. The molecule has 1 aromatic heterocycles. The molecule has 1 heterocycles. The molecule has 1 saturated carbocycles. The van der Waals surface area contributed by atoms with Crippen LogP contribution in [0.3, 0.4) is 0 Å². The van der Waals surface area contributed by atoms with Gasteiger partial charge in [-0.3, -0.25) is 9.59 Å². The van der Waals surface area contributed by atoms with E-state index in [4.69, 9.17) is 4.42 Å². The molecule has 0 saturated heterocycles. The van der Waals surface area contributed by atoms with Gasteiger partial charge in [-0.15, -0.1) is 0 Å². The largest absolute Gasteiger partial charge is 0.459 e. The maximum absolute atomic E-state index is 13.0. The smallest absolute Gasteiger partial charge is 0.289 e. The van der Waals surface area contributed by atoms with E-state index in [1.54, 1.807) is 12.1 Å². The molecule has 1 aliphatic carbocycles. The summed E-state index contributed by atoms with van der Waals surface area (Å²) in [5.41, 5.74) is 2.80. The molecule has 3 rings (SSSR count). The van der Waals surface area contributed by atoms with Gasteiger partial charge in [0.1, 0.15) is 0 Å². The summed E-state index contributed by atoms with van der Waals surface area (Å²) >= 11 is 0. The fourth-order valence-corrected chi connectivity index (χ4v) is 4.26. The molecule has 0 atom stereocenters. The minimum atomic E-state index is -0.125. The minimum absolute atomic E-state index is 0.101. The topological polar surface area (TPSA) is 65.8 Å². The molecular formula is C25H35N3O3. The number of hydrogen-bond donors (Lipinski definition) is 1. The van der Waals surface area contributed by atoms with Gasteiger partial charge in [0.15, 0.2) is 5.76 Å². The lowest BCUT2D eigenvalue weighted by Gasteiger charge is -2.27. The molecule has 1 aromatic carbocycles. The molecule has 31 heavy (non-hydrogen) atoms. The highest BCUT2D eigenvalue weighted by molar-refractivity contribution is 5.93. The number of carbonyl (C=O) groups is 2. The van der Waals surface area contributed by atoms with Crippen LogP contribution in [0.4, 0.5) is 11.4 Å². The third-order valence-electron chi connectivity index (χ3n) is 5.77. The van der Waals surface area contributed by atoms with Gasteiger partial charge >= 0.3 is 0 Å². The van der Waals surface area contributed by atoms with Gasteiger partial charge in [0.25, 0.3) is 5.91 Å². The summed E-state index contributed by atoms with van der Waals surface area (Å²) in [4.78, 5) is 29.6. The van der Waals surface area contributed by atoms with Crippen molar-refractivity contribution in [2.75, 3.05) is 30.9 Å². The van der Waals surface area contributed by atoms with Crippen LogP contribution in [0, 0.1) is 11.8 Å². The molecular weight excluding hydrogens is 390 g/mol. The molecule has 168 valence electrons. The van der Waals surface area contributed by atoms with Crippen LogP contribution in [-0.2, 0) is 11.3 Å². The highest BCUT2D eigenvalue weighted by atomic mass is 16.3. The van der Waals surface area contributed by atoms with Crippen molar-refractivity contribution in [2.45, 2.75) is 52.5 Å². The van der Waals surface area contributed by atoms with Crippen LogP contribution >= 0.6 is 0 Å². The average Bonchev–Trinajstić information content (AvgIpc) is 3.28. The Morgan fingerprint density at radius 3 is 2.48 bits per heavy atom. The summed E-state index contributed by atoms with van der Waals surface area (Å²) in [5, 5.41) is 3.11. The highest BCUT2D eigenvalue weighted by Crippen LogP contribution is 2.28. The van der Waals surface area contributed by atoms with Gasteiger partial charge in [-0.25, -0.2) is 0 Å². The molecule has 1 N–H and O–H groups in total. The van der Waals surface area contributed by atoms with E-state index in [1.165, 1.54) is 12.7 Å². The van der Waals surface area contributed by atoms with Crippen molar-refractivity contribution in [1.82, 2.24) is 4.90 Å². The van der Waals surface area contributed by atoms with E-state index in [0.29, 0.717) is 24.8 Å². The van der Waals surface area contributed by atoms with E-state index in [1.807, 2.05) is 42.1 Å². The molecule has 2 aromatic rings. The Balaban J connectivity index is 1.83. The quantitative estimate of drug-likeness (QED) is 0.634. The van der Waals surface area contributed by atoms with Crippen molar-refractivity contribution in [2.24, 2.45) is 11.8 Å². The Labute approximate surface area is 185 Å². The van der Waals surface area contributed by atoms with Crippen LogP contribution in [0.25, 0.3) is 0 Å². The van der Waals surface area contributed by atoms with Gasteiger partial charge in [-0.1, -0.05) is 33.1 Å². The molecule has 1 aliphatic rings. The first kappa shape index (κ1) is 22.9. The zero-order valence-corrected chi connectivity index (χ0v) is 19.2. The van der Waals surface area contributed by atoms with Gasteiger partial charge in [-0.05, 0) is 54.7 Å². The van der Waals surface area contributed by atoms with Gasteiger partial charge in [0.05, 0.1) is 6.26 Å². The van der Waals surface area contributed by atoms with Crippen LogP contribution in [0.15, 0.2) is 41.0 Å². The molecule has 2 amide bonds. The highest BCUT2D eigenvalue weighted by Gasteiger charge is 2.23. The fourth-order valence-electron chi connectivity index (χ4n) is 4.26. The number of rotatable bonds is 8. The van der Waals surface area contributed by atoms with E-state index >= 15 is 0 Å². The number of benzene rings is 1. The van der Waals surface area contributed by atoms with Crippen molar-refractivity contribution >= 4 is 23.2 Å². The van der Waals surface area contributed by atoms with Gasteiger partial charge in [0, 0.05) is 44.5 Å². The molecule has 0 radical (unpaired) electrons. The second-order valence-electron chi connectivity index (χ2n) is 9.12. The Morgan fingerprint density at radius 2 is 1.87 bits per heavy atom. The average molecular weight is 426 g/mol. The Hall–Kier alpha value is -2.76. The van der Waals surface area contributed by atoms with Crippen molar-refractivity contribution in [3.8, 4) is 0 Å². The summed E-state index contributed by atoms with van der Waals surface area (Å²) in [5.74, 6) is 0.738. The van der Waals surface area contributed by atoms with E-state index in [-0.39, 0.29) is 17.7 Å². The number of nitrogens with one attached hydrogen (secondary N) is 1. The van der Waals surface area contributed by atoms with Gasteiger partial charge < -0.3 is 19.5 Å². The standard InChI is InChI=1S/C25H35N3O3/c1-18(2)16-28(25(30)23-11-8-14-31-23)17-20-15-21(12-13-22(20)27(3)4)26-24(29)19-9-6-5-7-10-19/h8,11-15,18-19H,5-7,9-10,16-17H2,1-4H3,(H,26,29). The number of hydrogen-bond acceptors (Lipinski definition) is 4. The van der Waals surface area contributed by atoms with Crippen LogP contribution in [0.1, 0.15) is 62.1 Å². The second-order valence-corrected chi connectivity index (χ2v) is 9.12. The molecule has 6 nitrogen and oxygen atoms in total. The first-order valence-electron chi connectivity index (χ1n) is 11.3. The number of amides is 2. The molecule has 0 spiro atoms. The summed E-state index contributed by atoms with van der Waals surface area (Å²) in [6.07, 6.45) is 6.93. The summed E-state index contributed by atoms with van der Waals surface area (Å²) in [6, 6.07) is 9.38. The van der Waals surface area contributed by atoms with Crippen LogP contribution in [-0.4, -0.2) is 37.4 Å². The minimum Gasteiger partial charge on any atom is -0.459 e. The van der Waals surface area contributed by atoms with Gasteiger partial charge in [-0.2, -0.15) is 0 Å². The lowest BCUT2D eigenvalue weighted by Crippen LogP contribution is -2.34. The molecule has 0 unspecified atom stereocenters. The molecule has 0 bridgehead atoms. The van der Waals surface area contributed by atoms with E-state index in [9.17, 15) is 9.59 Å². The van der Waals surface area contributed by atoms with Crippen LogP contribution in [0.5, 0.6) is 0 Å². The number of carbonyl (C=O) groups excluding carboxylic acids is 2. The summed E-state index contributed by atoms with van der Waals surface area (Å²) in [6.45, 7) is 5.25. The third-order valence-corrected chi connectivity index (χ3v) is 5.77. The van der Waals surface area contributed by atoms with Crippen molar-refractivity contribution < 1.29 is 14.0 Å². The van der Waals surface area contributed by atoms with Gasteiger partial charge in [0.2, 0.25) is 5.91 Å². The van der Waals surface area contributed by atoms with Crippen LogP contribution < -0.4 is 10.2 Å². The summed E-state index contributed by atoms with van der Waals surface area (Å²) in [7, 11) is 3.97.